The molecule has 3 nitrogen and oxygen atoms in total. The molecule has 16 heavy (non-hydrogen) atoms. The molecule has 0 amide bonds. The number of rotatable bonds is 2. The van der Waals surface area contributed by atoms with Crippen LogP contribution in [0.25, 0.3) is 0 Å². The Hall–Kier alpha value is -1.74. The molecule has 3 heteroatoms. The number of hydrogen-bond acceptors (Lipinski definition) is 3. The van der Waals surface area contributed by atoms with Crippen LogP contribution >= 0.6 is 0 Å². The molecule has 0 aliphatic heterocycles. The van der Waals surface area contributed by atoms with Gasteiger partial charge < -0.3 is 14.4 Å². The molecule has 0 fully saturated rings. The minimum atomic E-state index is 0.322. The Morgan fingerprint density at radius 2 is 1.75 bits per heavy atom. The summed E-state index contributed by atoms with van der Waals surface area (Å²) in [5.41, 5.74) is 0. The van der Waals surface area contributed by atoms with E-state index in [0.29, 0.717) is 5.75 Å². The van der Waals surface area contributed by atoms with E-state index >= 15 is 0 Å². The van der Waals surface area contributed by atoms with E-state index in [4.69, 9.17) is 9.52 Å². The Kier molecular flexibility index (Phi) is 5.16. The van der Waals surface area contributed by atoms with Gasteiger partial charge in [0.25, 0.3) is 0 Å². The second-order valence-corrected chi connectivity index (χ2v) is 3.65. The van der Waals surface area contributed by atoms with Crippen LogP contribution in [0.1, 0.15) is 5.76 Å². The number of aromatic hydroxyl groups is 1. The largest absolute Gasteiger partial charge is 0.508 e. The lowest BCUT2D eigenvalue weighted by Crippen LogP contribution is -2.09. The summed E-state index contributed by atoms with van der Waals surface area (Å²) in [6.07, 6.45) is 1.69. The highest BCUT2D eigenvalue weighted by Gasteiger charge is 1.94. The zero-order valence-electron chi connectivity index (χ0n) is 9.63. The smallest absolute Gasteiger partial charge is 0.117 e. The number of hydrogen-bond donors (Lipinski definition) is 1. The summed E-state index contributed by atoms with van der Waals surface area (Å²) >= 11 is 0. The molecule has 2 aromatic rings. The molecule has 1 aromatic heterocycles. The van der Waals surface area contributed by atoms with Gasteiger partial charge in [-0.15, -0.1) is 0 Å². The van der Waals surface area contributed by atoms with Gasteiger partial charge in [0.05, 0.1) is 12.8 Å². The van der Waals surface area contributed by atoms with Gasteiger partial charge >= 0.3 is 0 Å². The van der Waals surface area contributed by atoms with E-state index < -0.39 is 0 Å². The molecule has 2 rings (SSSR count). The average molecular weight is 219 g/mol. The quantitative estimate of drug-likeness (QED) is 0.843. The Bertz CT molecular complexity index is 368. The van der Waals surface area contributed by atoms with Crippen LogP contribution in [0.3, 0.4) is 0 Å². The number of phenols is 1. The van der Waals surface area contributed by atoms with E-state index in [1.807, 2.05) is 32.3 Å². The summed E-state index contributed by atoms with van der Waals surface area (Å²) in [4.78, 5) is 2.07. The number of furan rings is 1. The van der Waals surface area contributed by atoms with Crippen molar-refractivity contribution in [2.45, 2.75) is 6.54 Å². The highest BCUT2D eigenvalue weighted by Crippen LogP contribution is 2.02. The minimum absolute atomic E-state index is 0.322. The first-order valence-electron chi connectivity index (χ1n) is 5.09. The lowest BCUT2D eigenvalue weighted by atomic mass is 10.3. The normalized spacial score (nSPS) is 9.69. The van der Waals surface area contributed by atoms with Gasteiger partial charge in [-0.25, -0.2) is 0 Å². The molecule has 0 spiro atoms. The molecule has 0 bridgehead atoms. The maximum absolute atomic E-state index is 8.63. The van der Waals surface area contributed by atoms with Gasteiger partial charge in [0.1, 0.15) is 11.5 Å². The lowest BCUT2D eigenvalue weighted by Gasteiger charge is -2.04. The Morgan fingerprint density at radius 1 is 1.06 bits per heavy atom. The third-order valence-electron chi connectivity index (χ3n) is 1.81. The maximum atomic E-state index is 8.63. The van der Waals surface area contributed by atoms with Gasteiger partial charge in [0.15, 0.2) is 0 Å². The molecular weight excluding hydrogens is 202 g/mol. The third kappa shape index (κ3) is 5.22. The molecule has 1 N–H and O–H groups in total. The molecule has 1 heterocycles. The summed E-state index contributed by atoms with van der Waals surface area (Å²) < 4.78 is 5.10. The number of benzene rings is 1. The molecular formula is C13H17NO2. The van der Waals surface area contributed by atoms with Crippen molar-refractivity contribution in [3.05, 3.63) is 54.5 Å². The highest BCUT2D eigenvalue weighted by atomic mass is 16.3. The summed E-state index contributed by atoms with van der Waals surface area (Å²) in [7, 11) is 4.03. The van der Waals surface area contributed by atoms with Crippen molar-refractivity contribution in [3.63, 3.8) is 0 Å². The van der Waals surface area contributed by atoms with Crippen LogP contribution in [0, 0.1) is 0 Å². The number of para-hydroxylation sites is 1. The zero-order valence-corrected chi connectivity index (χ0v) is 9.63. The molecule has 0 aliphatic carbocycles. The van der Waals surface area contributed by atoms with E-state index in [9.17, 15) is 0 Å². The predicted molar refractivity (Wildman–Crippen MR) is 64.2 cm³/mol. The van der Waals surface area contributed by atoms with E-state index in [1.54, 1.807) is 30.5 Å². The van der Waals surface area contributed by atoms with E-state index in [1.165, 1.54) is 0 Å². The summed E-state index contributed by atoms with van der Waals surface area (Å²) in [6, 6.07) is 12.6. The Labute approximate surface area is 95.9 Å². The molecule has 0 saturated carbocycles. The topological polar surface area (TPSA) is 36.6 Å². The lowest BCUT2D eigenvalue weighted by molar-refractivity contribution is 0.350. The monoisotopic (exact) mass is 219 g/mol. The van der Waals surface area contributed by atoms with Gasteiger partial charge in [-0.3, -0.25) is 0 Å². The minimum Gasteiger partial charge on any atom is -0.508 e. The summed E-state index contributed by atoms with van der Waals surface area (Å²) in [6.45, 7) is 0.882. The Balaban J connectivity index is 0.000000165. The van der Waals surface area contributed by atoms with Crippen molar-refractivity contribution >= 4 is 0 Å². The van der Waals surface area contributed by atoms with Gasteiger partial charge in [0, 0.05) is 0 Å². The second-order valence-electron chi connectivity index (χ2n) is 3.65. The molecule has 86 valence electrons. The van der Waals surface area contributed by atoms with Crippen molar-refractivity contribution in [1.82, 2.24) is 4.90 Å². The van der Waals surface area contributed by atoms with Gasteiger partial charge in [-0.2, -0.15) is 0 Å². The molecule has 0 radical (unpaired) electrons. The first kappa shape index (κ1) is 12.3. The van der Waals surface area contributed by atoms with Crippen LogP contribution in [0.4, 0.5) is 0 Å². The van der Waals surface area contributed by atoms with Crippen molar-refractivity contribution in [2.75, 3.05) is 14.1 Å². The van der Waals surface area contributed by atoms with Crippen LogP contribution in [0.15, 0.2) is 53.1 Å². The fourth-order valence-electron chi connectivity index (χ4n) is 1.14. The van der Waals surface area contributed by atoms with Crippen molar-refractivity contribution in [2.24, 2.45) is 0 Å². The standard InChI is InChI=1S/C7H11NO.C6H6O/c1-8(2)6-7-4-3-5-9-7;7-6-4-2-1-3-5-6/h3-5H,6H2,1-2H3;1-5,7H. The number of phenolic OH excluding ortho intramolecular Hbond substituents is 1. The van der Waals surface area contributed by atoms with Crippen LogP contribution in [-0.4, -0.2) is 24.1 Å². The Morgan fingerprint density at radius 3 is 2.12 bits per heavy atom. The van der Waals surface area contributed by atoms with Crippen molar-refractivity contribution in [3.8, 4) is 5.75 Å². The summed E-state index contributed by atoms with van der Waals surface area (Å²) in [5, 5.41) is 8.63. The van der Waals surface area contributed by atoms with E-state index in [0.717, 1.165) is 12.3 Å². The third-order valence-corrected chi connectivity index (χ3v) is 1.81. The zero-order chi connectivity index (χ0) is 11.8. The second kappa shape index (κ2) is 6.69. The molecule has 0 atom stereocenters. The summed E-state index contributed by atoms with van der Waals surface area (Å²) in [5.74, 6) is 1.34. The molecule has 0 saturated heterocycles. The molecule has 0 aliphatic rings. The highest BCUT2D eigenvalue weighted by molar-refractivity contribution is 5.18. The van der Waals surface area contributed by atoms with Gasteiger partial charge in [-0.05, 0) is 38.4 Å². The average Bonchev–Trinajstić information content (AvgIpc) is 2.71. The van der Waals surface area contributed by atoms with Gasteiger partial charge in [0.2, 0.25) is 0 Å². The molecule has 1 aromatic carbocycles. The van der Waals surface area contributed by atoms with E-state index in [-0.39, 0.29) is 0 Å². The van der Waals surface area contributed by atoms with Crippen LogP contribution in [0.2, 0.25) is 0 Å². The first-order chi connectivity index (χ1) is 7.68. The van der Waals surface area contributed by atoms with E-state index in [2.05, 4.69) is 4.90 Å². The van der Waals surface area contributed by atoms with Crippen molar-refractivity contribution < 1.29 is 9.52 Å². The maximum Gasteiger partial charge on any atom is 0.117 e. The fourth-order valence-corrected chi connectivity index (χ4v) is 1.14. The number of nitrogens with zero attached hydrogens (tertiary/aromatic N) is 1. The van der Waals surface area contributed by atoms with Crippen LogP contribution in [0.5, 0.6) is 5.75 Å². The first-order valence-corrected chi connectivity index (χ1v) is 5.09. The van der Waals surface area contributed by atoms with Gasteiger partial charge in [-0.1, -0.05) is 18.2 Å². The predicted octanol–water partition coefficient (Wildman–Crippen LogP) is 2.73. The fraction of sp³-hybridized carbons (Fsp3) is 0.231. The SMILES string of the molecule is CN(C)Cc1ccco1.Oc1ccccc1. The van der Waals surface area contributed by atoms with Crippen LogP contribution < -0.4 is 0 Å². The van der Waals surface area contributed by atoms with Crippen LogP contribution in [-0.2, 0) is 6.54 Å². The molecule has 0 unspecified atom stereocenters. The van der Waals surface area contributed by atoms with Crippen molar-refractivity contribution in [1.29, 1.82) is 0 Å².